The fourth-order valence-corrected chi connectivity index (χ4v) is 5.04. The molecule has 3 aliphatic heterocycles. The first-order chi connectivity index (χ1) is 14.7. The van der Waals surface area contributed by atoms with Gasteiger partial charge in [0.2, 0.25) is 0 Å². The second-order valence-electron chi connectivity index (χ2n) is 10.1. The number of amides is 1. The first kappa shape index (κ1) is 22.2. The molecule has 4 rings (SSSR count). The third kappa shape index (κ3) is 4.20. The van der Waals surface area contributed by atoms with Crippen LogP contribution in [0.4, 0.5) is 11.4 Å². The number of nitrogens with zero attached hydrogens (tertiary/aromatic N) is 2. The summed E-state index contributed by atoms with van der Waals surface area (Å²) >= 11 is 0. The molecular weight excluding hydrogens is 388 g/mol. The van der Waals surface area contributed by atoms with Crippen molar-refractivity contribution in [2.45, 2.75) is 78.1 Å². The Morgan fingerprint density at radius 2 is 1.77 bits per heavy atom. The zero-order valence-electron chi connectivity index (χ0n) is 19.9. The predicted octanol–water partition coefficient (Wildman–Crippen LogP) is 3.84. The van der Waals surface area contributed by atoms with Crippen LogP contribution < -0.4 is 15.5 Å². The Labute approximate surface area is 187 Å². The highest BCUT2D eigenvalue weighted by atomic mass is 16.5. The van der Waals surface area contributed by atoms with Gasteiger partial charge in [0.15, 0.2) is 0 Å². The molecule has 0 saturated carbocycles. The summed E-state index contributed by atoms with van der Waals surface area (Å²) in [6, 6.07) is 7.26. The number of carbonyl (C=O) groups is 1. The van der Waals surface area contributed by atoms with Crippen LogP contribution in [0, 0.1) is 0 Å². The summed E-state index contributed by atoms with van der Waals surface area (Å²) in [5.41, 5.74) is 4.61. The lowest BCUT2D eigenvalue weighted by Crippen LogP contribution is -2.56. The van der Waals surface area contributed by atoms with E-state index >= 15 is 0 Å². The number of nitrogens with one attached hydrogen (secondary N) is 2. The van der Waals surface area contributed by atoms with Crippen LogP contribution >= 0.6 is 0 Å². The Morgan fingerprint density at radius 1 is 1.06 bits per heavy atom. The van der Waals surface area contributed by atoms with Crippen molar-refractivity contribution in [1.29, 1.82) is 0 Å². The minimum absolute atomic E-state index is 0.0726. The van der Waals surface area contributed by atoms with Gasteiger partial charge in [0.25, 0.3) is 5.91 Å². The van der Waals surface area contributed by atoms with E-state index in [-0.39, 0.29) is 17.6 Å². The molecule has 1 aromatic carbocycles. The average molecular weight is 427 g/mol. The standard InChI is InChI=1S/C25H38N4O2/c1-16(2)27-19-7-8-22-20(13-19)23(24(30)29(22)18(5)6)21-14-31-25(15-26-21)9-11-28(12-10-25)17(3)4/h7-8,13,16-18,26-27H,9-12,14-15H2,1-6H3/b23-21-. The smallest absolute Gasteiger partial charge is 0.261 e. The van der Waals surface area contributed by atoms with Gasteiger partial charge in [-0.05, 0) is 72.6 Å². The molecule has 3 aliphatic rings. The number of hydrogen-bond acceptors (Lipinski definition) is 5. The Kier molecular flexibility index (Phi) is 6.05. The summed E-state index contributed by atoms with van der Waals surface area (Å²) in [5.74, 6) is 0.0726. The lowest BCUT2D eigenvalue weighted by Gasteiger charge is -2.46. The lowest BCUT2D eigenvalue weighted by molar-refractivity contribution is -0.113. The van der Waals surface area contributed by atoms with Crippen molar-refractivity contribution < 1.29 is 9.53 Å². The molecule has 2 saturated heterocycles. The van der Waals surface area contributed by atoms with Gasteiger partial charge in [0.05, 0.1) is 29.2 Å². The largest absolute Gasteiger partial charge is 0.383 e. The molecule has 2 N–H and O–H groups in total. The first-order valence-corrected chi connectivity index (χ1v) is 11.8. The molecule has 3 heterocycles. The molecule has 0 radical (unpaired) electrons. The van der Waals surface area contributed by atoms with Gasteiger partial charge in [-0.1, -0.05) is 0 Å². The van der Waals surface area contributed by atoms with Crippen molar-refractivity contribution in [1.82, 2.24) is 10.2 Å². The van der Waals surface area contributed by atoms with E-state index in [4.69, 9.17) is 4.74 Å². The van der Waals surface area contributed by atoms with Crippen molar-refractivity contribution >= 4 is 22.9 Å². The van der Waals surface area contributed by atoms with Crippen LogP contribution in [-0.4, -0.2) is 60.8 Å². The van der Waals surface area contributed by atoms with E-state index in [9.17, 15) is 4.79 Å². The minimum Gasteiger partial charge on any atom is -0.383 e. The molecule has 1 amide bonds. The number of fused-ring (bicyclic) bond motifs is 1. The van der Waals surface area contributed by atoms with Crippen LogP contribution in [0.3, 0.4) is 0 Å². The SMILES string of the molecule is CC(C)Nc1ccc2c(c1)/C(=C1\COC3(CCN(C(C)C)CC3)CN1)C(=O)N2C(C)C. The van der Waals surface area contributed by atoms with E-state index in [1.807, 2.05) is 4.90 Å². The number of morpholine rings is 1. The molecule has 6 heteroatoms. The average Bonchev–Trinajstić information content (AvgIpc) is 3.00. The van der Waals surface area contributed by atoms with Crippen LogP contribution in [0.15, 0.2) is 23.9 Å². The number of rotatable bonds is 4. The van der Waals surface area contributed by atoms with Crippen LogP contribution in [0.5, 0.6) is 0 Å². The molecule has 0 atom stereocenters. The third-order valence-corrected chi connectivity index (χ3v) is 6.82. The van der Waals surface area contributed by atoms with Crippen molar-refractivity contribution in [3.8, 4) is 0 Å². The fraction of sp³-hybridized carbons (Fsp3) is 0.640. The third-order valence-electron chi connectivity index (χ3n) is 6.82. The first-order valence-electron chi connectivity index (χ1n) is 11.8. The molecule has 0 unspecified atom stereocenters. The normalized spacial score (nSPS) is 23.8. The van der Waals surface area contributed by atoms with Gasteiger partial charge in [-0.3, -0.25) is 4.79 Å². The van der Waals surface area contributed by atoms with Crippen molar-refractivity contribution in [3.05, 3.63) is 29.5 Å². The van der Waals surface area contributed by atoms with E-state index in [1.54, 1.807) is 0 Å². The molecule has 31 heavy (non-hydrogen) atoms. The Hall–Kier alpha value is -2.05. The topological polar surface area (TPSA) is 56.8 Å². The number of carbonyl (C=O) groups excluding carboxylic acids is 1. The number of likely N-dealkylation sites (tertiary alicyclic amines) is 1. The van der Waals surface area contributed by atoms with E-state index in [2.05, 4.69) is 75.3 Å². The molecule has 1 spiro atoms. The zero-order valence-corrected chi connectivity index (χ0v) is 19.9. The maximum atomic E-state index is 13.5. The summed E-state index contributed by atoms with van der Waals surface area (Å²) in [5, 5.41) is 7.09. The van der Waals surface area contributed by atoms with Crippen LogP contribution in [0.25, 0.3) is 5.57 Å². The molecule has 170 valence electrons. The summed E-state index contributed by atoms with van der Waals surface area (Å²) in [7, 11) is 0. The van der Waals surface area contributed by atoms with Crippen molar-refractivity contribution in [3.63, 3.8) is 0 Å². The highest BCUT2D eigenvalue weighted by Crippen LogP contribution is 2.42. The number of hydrogen-bond donors (Lipinski definition) is 2. The second kappa shape index (κ2) is 8.47. The van der Waals surface area contributed by atoms with Gasteiger partial charge in [-0.15, -0.1) is 0 Å². The van der Waals surface area contributed by atoms with E-state index in [0.29, 0.717) is 18.7 Å². The van der Waals surface area contributed by atoms with Gasteiger partial charge >= 0.3 is 0 Å². The maximum absolute atomic E-state index is 13.5. The minimum atomic E-state index is -0.112. The summed E-state index contributed by atoms with van der Waals surface area (Å²) in [6.45, 7) is 16.3. The second-order valence-corrected chi connectivity index (χ2v) is 10.1. The Bertz CT molecular complexity index is 854. The van der Waals surface area contributed by atoms with E-state index in [0.717, 1.165) is 60.7 Å². The summed E-state index contributed by atoms with van der Waals surface area (Å²) in [4.78, 5) is 17.9. The lowest BCUT2D eigenvalue weighted by atomic mass is 9.88. The number of anilines is 2. The number of ether oxygens (including phenoxy) is 1. The molecule has 1 aromatic rings. The number of benzene rings is 1. The highest BCUT2D eigenvalue weighted by molar-refractivity contribution is 6.33. The predicted molar refractivity (Wildman–Crippen MR) is 127 cm³/mol. The summed E-state index contributed by atoms with van der Waals surface area (Å²) < 4.78 is 6.48. The molecule has 2 fully saturated rings. The van der Waals surface area contributed by atoms with Gasteiger partial charge in [-0.25, -0.2) is 0 Å². The van der Waals surface area contributed by atoms with E-state index in [1.165, 1.54) is 0 Å². The zero-order chi connectivity index (χ0) is 22.3. The van der Waals surface area contributed by atoms with Crippen LogP contribution in [-0.2, 0) is 9.53 Å². The quantitative estimate of drug-likeness (QED) is 0.717. The van der Waals surface area contributed by atoms with Gasteiger partial charge in [0, 0.05) is 49.0 Å². The van der Waals surface area contributed by atoms with Crippen molar-refractivity contribution in [2.24, 2.45) is 0 Å². The fourth-order valence-electron chi connectivity index (χ4n) is 5.04. The Balaban J connectivity index is 1.60. The van der Waals surface area contributed by atoms with Crippen LogP contribution in [0.1, 0.15) is 59.9 Å². The molecule has 0 bridgehead atoms. The van der Waals surface area contributed by atoms with E-state index < -0.39 is 0 Å². The van der Waals surface area contributed by atoms with Crippen LogP contribution in [0.2, 0.25) is 0 Å². The van der Waals surface area contributed by atoms with Gasteiger partial charge in [0.1, 0.15) is 0 Å². The molecule has 6 nitrogen and oxygen atoms in total. The molecule has 0 aliphatic carbocycles. The number of piperidine rings is 1. The Morgan fingerprint density at radius 3 is 2.32 bits per heavy atom. The van der Waals surface area contributed by atoms with Gasteiger partial charge < -0.3 is 25.2 Å². The maximum Gasteiger partial charge on any atom is 0.261 e. The van der Waals surface area contributed by atoms with Gasteiger partial charge in [-0.2, -0.15) is 0 Å². The molecular formula is C25H38N4O2. The summed E-state index contributed by atoms with van der Waals surface area (Å²) in [6.07, 6.45) is 2.07. The monoisotopic (exact) mass is 426 g/mol. The molecule has 0 aromatic heterocycles. The van der Waals surface area contributed by atoms with Crippen molar-refractivity contribution in [2.75, 3.05) is 36.5 Å². The highest BCUT2D eigenvalue weighted by Gasteiger charge is 2.42.